The lowest BCUT2D eigenvalue weighted by Gasteiger charge is -2.07. The molecular weight excluding hydrogens is 230 g/mol. The van der Waals surface area contributed by atoms with Crippen molar-refractivity contribution in [3.05, 3.63) is 47.5 Å². The average molecular weight is 239 g/mol. The highest BCUT2D eigenvalue weighted by molar-refractivity contribution is 5.83. The van der Waals surface area contributed by atoms with E-state index in [0.29, 0.717) is 11.1 Å². The third-order valence-corrected chi connectivity index (χ3v) is 2.53. The van der Waals surface area contributed by atoms with Crippen LogP contribution in [0.2, 0.25) is 0 Å². The number of hydrogen-bond donors (Lipinski definition) is 1. The molecule has 0 aliphatic heterocycles. The second kappa shape index (κ2) is 4.63. The van der Waals surface area contributed by atoms with E-state index in [4.69, 9.17) is 10.4 Å². The van der Waals surface area contributed by atoms with Crippen LogP contribution in [0.4, 0.5) is 0 Å². The van der Waals surface area contributed by atoms with Crippen LogP contribution in [0.25, 0.3) is 11.1 Å². The van der Waals surface area contributed by atoms with E-state index >= 15 is 0 Å². The summed E-state index contributed by atoms with van der Waals surface area (Å²) in [5.41, 5.74) is 2.80. The summed E-state index contributed by atoms with van der Waals surface area (Å²) in [6, 6.07) is 7.47. The lowest BCUT2D eigenvalue weighted by atomic mass is 9.98. The smallest absolute Gasteiger partial charge is 0.373 e. The van der Waals surface area contributed by atoms with Crippen LogP contribution in [0.1, 0.15) is 21.7 Å². The molecule has 5 heteroatoms. The summed E-state index contributed by atoms with van der Waals surface area (Å²) < 4.78 is 0. The quantitative estimate of drug-likeness (QED) is 0.866. The number of hydrogen-bond acceptors (Lipinski definition) is 4. The van der Waals surface area contributed by atoms with Crippen LogP contribution < -0.4 is 0 Å². The van der Waals surface area contributed by atoms with Crippen molar-refractivity contribution < 1.29 is 9.90 Å². The van der Waals surface area contributed by atoms with Gasteiger partial charge in [0, 0.05) is 23.5 Å². The number of nitriles is 1. The fraction of sp³-hybridized carbons (Fsp3) is 0.0769. The summed E-state index contributed by atoms with van der Waals surface area (Å²) in [7, 11) is 0. The molecule has 0 aliphatic carbocycles. The van der Waals surface area contributed by atoms with Crippen molar-refractivity contribution in [1.82, 2.24) is 9.97 Å². The van der Waals surface area contributed by atoms with Crippen molar-refractivity contribution in [3.63, 3.8) is 0 Å². The summed E-state index contributed by atoms with van der Waals surface area (Å²) in [6.45, 7) is 1.88. The number of carbonyl (C=O) groups is 1. The lowest BCUT2D eigenvalue weighted by molar-refractivity contribution is 0.0683. The topological polar surface area (TPSA) is 86.9 Å². The molecule has 1 N–H and O–H groups in total. The molecule has 1 aromatic carbocycles. The maximum atomic E-state index is 10.7. The molecule has 88 valence electrons. The molecule has 18 heavy (non-hydrogen) atoms. The van der Waals surface area contributed by atoms with Crippen LogP contribution in [-0.2, 0) is 0 Å². The van der Waals surface area contributed by atoms with Gasteiger partial charge >= 0.3 is 5.97 Å². The molecule has 0 saturated heterocycles. The van der Waals surface area contributed by atoms with Crippen molar-refractivity contribution in [3.8, 4) is 17.2 Å². The molecule has 0 bridgehead atoms. The Bertz CT molecular complexity index is 642. The van der Waals surface area contributed by atoms with Crippen molar-refractivity contribution in [1.29, 1.82) is 5.26 Å². The summed E-state index contributed by atoms with van der Waals surface area (Å²) >= 11 is 0. The Balaban J connectivity index is 2.56. The Morgan fingerprint density at radius 1 is 1.33 bits per heavy atom. The van der Waals surface area contributed by atoms with Crippen molar-refractivity contribution in [2.24, 2.45) is 0 Å². The number of aryl methyl sites for hydroxylation is 1. The molecule has 0 radical (unpaired) electrons. The van der Waals surface area contributed by atoms with Gasteiger partial charge in [-0.1, -0.05) is 12.1 Å². The van der Waals surface area contributed by atoms with E-state index in [1.165, 1.54) is 12.4 Å². The van der Waals surface area contributed by atoms with Crippen LogP contribution >= 0.6 is 0 Å². The maximum absolute atomic E-state index is 10.7. The van der Waals surface area contributed by atoms with Gasteiger partial charge in [-0.2, -0.15) is 5.26 Å². The third-order valence-electron chi connectivity index (χ3n) is 2.53. The van der Waals surface area contributed by atoms with Gasteiger partial charge in [-0.15, -0.1) is 0 Å². The van der Waals surface area contributed by atoms with Crippen molar-refractivity contribution >= 4 is 5.97 Å². The minimum absolute atomic E-state index is 0.258. The molecule has 0 aliphatic rings. The van der Waals surface area contributed by atoms with E-state index < -0.39 is 5.97 Å². The highest BCUT2D eigenvalue weighted by Gasteiger charge is 2.11. The molecule has 0 unspecified atom stereocenters. The number of aromatic nitrogens is 2. The molecule has 0 fully saturated rings. The zero-order chi connectivity index (χ0) is 13.1. The summed E-state index contributed by atoms with van der Waals surface area (Å²) in [5.74, 6) is -1.43. The van der Waals surface area contributed by atoms with Crippen LogP contribution in [0.5, 0.6) is 0 Å². The molecule has 0 amide bonds. The van der Waals surface area contributed by atoms with Crippen LogP contribution in [0.15, 0.2) is 30.6 Å². The largest absolute Gasteiger partial charge is 0.475 e. The van der Waals surface area contributed by atoms with Gasteiger partial charge in [0.1, 0.15) is 0 Å². The lowest BCUT2D eigenvalue weighted by Crippen LogP contribution is -2.03. The molecule has 2 rings (SSSR count). The first-order valence-corrected chi connectivity index (χ1v) is 5.19. The van der Waals surface area contributed by atoms with E-state index in [-0.39, 0.29) is 5.82 Å². The van der Waals surface area contributed by atoms with Gasteiger partial charge in [-0.3, -0.25) is 0 Å². The normalized spacial score (nSPS) is 9.78. The highest BCUT2D eigenvalue weighted by atomic mass is 16.4. The first-order chi connectivity index (χ1) is 8.63. The number of carboxylic acid groups (broad SMARTS) is 1. The van der Waals surface area contributed by atoms with Crippen molar-refractivity contribution in [2.75, 3.05) is 0 Å². The maximum Gasteiger partial charge on any atom is 0.373 e. The molecule has 0 atom stereocenters. The van der Waals surface area contributed by atoms with Gasteiger partial charge in [0.15, 0.2) is 0 Å². The molecule has 1 aromatic heterocycles. The molecule has 2 aromatic rings. The van der Waals surface area contributed by atoms with Crippen LogP contribution in [0.3, 0.4) is 0 Å². The Hall–Kier alpha value is -2.74. The van der Waals surface area contributed by atoms with Gasteiger partial charge in [-0.05, 0) is 18.6 Å². The fourth-order valence-corrected chi connectivity index (χ4v) is 1.71. The number of carboxylic acids is 1. The monoisotopic (exact) mass is 239 g/mol. The number of aromatic carboxylic acids is 1. The zero-order valence-electron chi connectivity index (χ0n) is 9.58. The van der Waals surface area contributed by atoms with Crippen LogP contribution in [-0.4, -0.2) is 21.0 Å². The Labute approximate surface area is 103 Å². The first kappa shape index (κ1) is 11.7. The Morgan fingerprint density at radius 2 is 2.00 bits per heavy atom. The second-order valence-corrected chi connectivity index (χ2v) is 3.71. The molecule has 0 saturated carbocycles. The first-order valence-electron chi connectivity index (χ1n) is 5.19. The minimum atomic E-state index is -1.17. The SMILES string of the molecule is Cc1cccc(C#N)c1-c1cnc(C(=O)O)nc1. The standard InChI is InChI=1S/C13H9N3O2/c1-8-3-2-4-9(5-14)11(8)10-6-15-12(13(17)18)16-7-10/h2-4,6-7H,1H3,(H,17,18). The van der Waals surface area contributed by atoms with Crippen LogP contribution in [0, 0.1) is 18.3 Å². The minimum Gasteiger partial charge on any atom is -0.475 e. The number of rotatable bonds is 2. The highest BCUT2D eigenvalue weighted by Crippen LogP contribution is 2.25. The number of nitrogens with zero attached hydrogens (tertiary/aromatic N) is 3. The Morgan fingerprint density at radius 3 is 2.56 bits per heavy atom. The van der Waals surface area contributed by atoms with Gasteiger partial charge in [0.2, 0.25) is 5.82 Å². The summed E-state index contributed by atoms with van der Waals surface area (Å²) in [6.07, 6.45) is 2.83. The van der Waals surface area contributed by atoms with Gasteiger partial charge in [0.05, 0.1) is 11.6 Å². The summed E-state index contributed by atoms with van der Waals surface area (Å²) in [5, 5.41) is 17.8. The molecule has 0 spiro atoms. The third kappa shape index (κ3) is 2.04. The molecule has 5 nitrogen and oxygen atoms in total. The fourth-order valence-electron chi connectivity index (χ4n) is 1.71. The zero-order valence-corrected chi connectivity index (χ0v) is 9.58. The summed E-state index contributed by atoms with van der Waals surface area (Å²) in [4.78, 5) is 18.2. The molecular formula is C13H9N3O2. The van der Waals surface area contributed by atoms with Crippen molar-refractivity contribution in [2.45, 2.75) is 6.92 Å². The molecule has 1 heterocycles. The van der Waals surface area contributed by atoms with E-state index in [1.807, 2.05) is 13.0 Å². The van der Waals surface area contributed by atoms with E-state index in [2.05, 4.69) is 16.0 Å². The Kier molecular flexibility index (Phi) is 3.02. The van der Waals surface area contributed by atoms with Gasteiger partial charge in [0.25, 0.3) is 0 Å². The number of benzene rings is 1. The second-order valence-electron chi connectivity index (χ2n) is 3.71. The van der Waals surface area contributed by atoms with Gasteiger partial charge < -0.3 is 5.11 Å². The van der Waals surface area contributed by atoms with Gasteiger partial charge in [-0.25, -0.2) is 14.8 Å². The van der Waals surface area contributed by atoms with E-state index in [1.54, 1.807) is 12.1 Å². The van der Waals surface area contributed by atoms with E-state index in [9.17, 15) is 4.79 Å². The van der Waals surface area contributed by atoms with E-state index in [0.717, 1.165) is 11.1 Å². The average Bonchev–Trinajstić information content (AvgIpc) is 2.38. The predicted octanol–water partition coefficient (Wildman–Crippen LogP) is 2.02. The predicted molar refractivity (Wildman–Crippen MR) is 63.9 cm³/mol.